The highest BCUT2D eigenvalue weighted by molar-refractivity contribution is 5.79. The average molecular weight is 363 g/mol. The Morgan fingerprint density at radius 1 is 1.07 bits per heavy atom. The lowest BCUT2D eigenvalue weighted by molar-refractivity contribution is 0.277. The van der Waals surface area contributed by atoms with E-state index in [1.165, 1.54) is 25.7 Å². The van der Waals surface area contributed by atoms with Crippen LogP contribution in [0.15, 0.2) is 47.3 Å². The summed E-state index contributed by atoms with van der Waals surface area (Å²) in [6, 6.07) is 13.4. The van der Waals surface area contributed by atoms with Gasteiger partial charge in [0.05, 0.1) is 18.0 Å². The van der Waals surface area contributed by atoms with Gasteiger partial charge >= 0.3 is 0 Å². The molecule has 3 aromatic rings. The first-order valence-corrected chi connectivity index (χ1v) is 9.63. The minimum atomic E-state index is -0.104. The van der Waals surface area contributed by atoms with E-state index in [0.717, 1.165) is 36.5 Å². The van der Waals surface area contributed by atoms with Crippen LogP contribution in [0.5, 0.6) is 5.75 Å². The van der Waals surface area contributed by atoms with Gasteiger partial charge in [0.2, 0.25) is 0 Å². The summed E-state index contributed by atoms with van der Waals surface area (Å²) >= 11 is 0. The molecule has 0 saturated carbocycles. The molecule has 1 aliphatic heterocycles. The fourth-order valence-electron chi connectivity index (χ4n) is 3.81. The van der Waals surface area contributed by atoms with Crippen molar-refractivity contribution in [2.24, 2.45) is 0 Å². The molecule has 2 heterocycles. The van der Waals surface area contributed by atoms with Gasteiger partial charge in [0.1, 0.15) is 11.6 Å². The van der Waals surface area contributed by atoms with Gasteiger partial charge in [-0.05, 0) is 61.8 Å². The first-order chi connectivity index (χ1) is 13.2. The molecule has 1 saturated heterocycles. The van der Waals surface area contributed by atoms with Gasteiger partial charge < -0.3 is 9.72 Å². The largest absolute Gasteiger partial charge is 0.497 e. The van der Waals surface area contributed by atoms with Crippen LogP contribution in [0.1, 0.15) is 31.2 Å². The number of para-hydroxylation sites is 1. The first-order valence-electron chi connectivity index (χ1n) is 9.63. The van der Waals surface area contributed by atoms with Gasteiger partial charge in [-0.15, -0.1) is 0 Å². The summed E-state index contributed by atoms with van der Waals surface area (Å²) in [5, 5.41) is 0.615. The van der Waals surface area contributed by atoms with E-state index in [0.29, 0.717) is 16.7 Å². The van der Waals surface area contributed by atoms with Crippen molar-refractivity contribution in [2.45, 2.75) is 32.2 Å². The Kier molecular flexibility index (Phi) is 5.21. The summed E-state index contributed by atoms with van der Waals surface area (Å²) in [5.74, 6) is 1.44. The topological polar surface area (TPSA) is 58.2 Å². The van der Waals surface area contributed by atoms with Crippen molar-refractivity contribution in [3.8, 4) is 17.1 Å². The second-order valence-electron chi connectivity index (χ2n) is 7.15. The molecule has 1 aliphatic rings. The van der Waals surface area contributed by atoms with Crippen LogP contribution in [-0.2, 0) is 6.54 Å². The molecule has 0 radical (unpaired) electrons. The van der Waals surface area contributed by atoms with Crippen molar-refractivity contribution in [1.82, 2.24) is 14.9 Å². The lowest BCUT2D eigenvalue weighted by Gasteiger charge is -2.22. The predicted octanol–water partition coefficient (Wildman–Crippen LogP) is 3.97. The summed E-state index contributed by atoms with van der Waals surface area (Å²) in [7, 11) is 1.68. The third kappa shape index (κ3) is 3.88. The molecular formula is C22H25N3O2. The summed E-state index contributed by atoms with van der Waals surface area (Å²) in [4.78, 5) is 22.7. The third-order valence-electron chi connectivity index (χ3n) is 5.27. The van der Waals surface area contributed by atoms with E-state index >= 15 is 0 Å². The lowest BCUT2D eigenvalue weighted by Crippen LogP contribution is -2.24. The van der Waals surface area contributed by atoms with Crippen LogP contribution in [0.2, 0.25) is 0 Å². The van der Waals surface area contributed by atoms with Crippen LogP contribution in [0.25, 0.3) is 22.3 Å². The van der Waals surface area contributed by atoms with Crippen LogP contribution in [0.3, 0.4) is 0 Å². The number of benzene rings is 2. The van der Waals surface area contributed by atoms with Gasteiger partial charge in [0, 0.05) is 12.1 Å². The summed E-state index contributed by atoms with van der Waals surface area (Å²) in [6.07, 6.45) is 5.09. The number of rotatable bonds is 4. The van der Waals surface area contributed by atoms with Gasteiger partial charge in [-0.1, -0.05) is 25.0 Å². The third-order valence-corrected chi connectivity index (χ3v) is 5.27. The normalized spacial score (nSPS) is 15.6. The number of methoxy groups -OCH3 is 1. The van der Waals surface area contributed by atoms with Gasteiger partial charge in [0.15, 0.2) is 0 Å². The molecule has 2 aromatic carbocycles. The standard InChI is InChI=1S/C22H25N3O2/c1-27-17-10-11-18(16(14-17)15-25-12-6-2-3-7-13-25)21-23-20-9-5-4-8-19(20)22(26)24-21/h4-5,8-11,14H,2-3,6-7,12-13,15H2,1H3,(H,23,24,26). The summed E-state index contributed by atoms with van der Waals surface area (Å²) < 4.78 is 5.44. The van der Waals surface area contributed by atoms with Crippen LogP contribution in [0, 0.1) is 0 Å². The van der Waals surface area contributed by atoms with E-state index in [2.05, 4.69) is 16.0 Å². The number of fused-ring (bicyclic) bond motifs is 1. The van der Waals surface area contributed by atoms with E-state index in [4.69, 9.17) is 9.72 Å². The first kappa shape index (κ1) is 17.7. The Morgan fingerprint density at radius 3 is 2.63 bits per heavy atom. The van der Waals surface area contributed by atoms with E-state index in [9.17, 15) is 4.79 Å². The Hall–Kier alpha value is -2.66. The molecule has 0 unspecified atom stereocenters. The summed E-state index contributed by atoms with van der Waals surface area (Å²) in [6.45, 7) is 3.06. The number of hydrogen-bond acceptors (Lipinski definition) is 4. The minimum Gasteiger partial charge on any atom is -0.497 e. The van der Waals surface area contributed by atoms with E-state index in [1.807, 2.05) is 30.3 Å². The van der Waals surface area contributed by atoms with Crippen molar-refractivity contribution >= 4 is 10.9 Å². The molecule has 27 heavy (non-hydrogen) atoms. The van der Waals surface area contributed by atoms with Crippen molar-refractivity contribution in [2.75, 3.05) is 20.2 Å². The molecule has 0 atom stereocenters. The molecule has 0 spiro atoms. The SMILES string of the molecule is COc1ccc(-c2nc3ccccc3c(=O)[nH]2)c(CN2CCCCCC2)c1. The number of aromatic nitrogens is 2. The highest BCUT2D eigenvalue weighted by Gasteiger charge is 2.15. The number of hydrogen-bond donors (Lipinski definition) is 1. The monoisotopic (exact) mass is 363 g/mol. The molecule has 4 rings (SSSR count). The van der Waals surface area contributed by atoms with Crippen molar-refractivity contribution in [3.63, 3.8) is 0 Å². The zero-order valence-corrected chi connectivity index (χ0v) is 15.7. The number of H-pyrrole nitrogens is 1. The smallest absolute Gasteiger partial charge is 0.259 e. The highest BCUT2D eigenvalue weighted by atomic mass is 16.5. The predicted molar refractivity (Wildman–Crippen MR) is 108 cm³/mol. The van der Waals surface area contributed by atoms with Gasteiger partial charge in [-0.3, -0.25) is 9.69 Å². The number of ether oxygens (including phenoxy) is 1. The molecule has 5 heteroatoms. The van der Waals surface area contributed by atoms with E-state index in [-0.39, 0.29) is 5.56 Å². The maximum absolute atomic E-state index is 12.5. The maximum atomic E-state index is 12.5. The van der Waals surface area contributed by atoms with Crippen molar-refractivity contribution in [3.05, 3.63) is 58.4 Å². The maximum Gasteiger partial charge on any atom is 0.259 e. The lowest BCUT2D eigenvalue weighted by atomic mass is 10.0. The molecule has 1 aromatic heterocycles. The highest BCUT2D eigenvalue weighted by Crippen LogP contribution is 2.27. The van der Waals surface area contributed by atoms with Gasteiger partial charge in [-0.25, -0.2) is 4.98 Å². The van der Waals surface area contributed by atoms with Crippen LogP contribution < -0.4 is 10.3 Å². The quantitative estimate of drug-likeness (QED) is 0.762. The van der Waals surface area contributed by atoms with Crippen LogP contribution >= 0.6 is 0 Å². The fraction of sp³-hybridized carbons (Fsp3) is 0.364. The minimum absolute atomic E-state index is 0.104. The molecular weight excluding hydrogens is 338 g/mol. The second kappa shape index (κ2) is 7.92. The zero-order chi connectivity index (χ0) is 18.6. The summed E-state index contributed by atoms with van der Waals surface area (Å²) in [5.41, 5.74) is 2.71. The van der Waals surface area contributed by atoms with E-state index < -0.39 is 0 Å². The fourth-order valence-corrected chi connectivity index (χ4v) is 3.81. The van der Waals surface area contributed by atoms with Crippen LogP contribution in [0.4, 0.5) is 0 Å². The Bertz CT molecular complexity index is 988. The number of likely N-dealkylation sites (tertiary alicyclic amines) is 1. The molecule has 0 bridgehead atoms. The average Bonchev–Trinajstić information content (AvgIpc) is 2.96. The number of nitrogens with zero attached hydrogens (tertiary/aromatic N) is 2. The van der Waals surface area contributed by atoms with Gasteiger partial charge in [0.25, 0.3) is 5.56 Å². The number of nitrogens with one attached hydrogen (secondary N) is 1. The van der Waals surface area contributed by atoms with Crippen LogP contribution in [-0.4, -0.2) is 35.1 Å². The molecule has 1 fully saturated rings. The zero-order valence-electron chi connectivity index (χ0n) is 15.7. The molecule has 1 N–H and O–H groups in total. The second-order valence-corrected chi connectivity index (χ2v) is 7.15. The van der Waals surface area contributed by atoms with Gasteiger partial charge in [-0.2, -0.15) is 0 Å². The molecule has 5 nitrogen and oxygen atoms in total. The Balaban J connectivity index is 1.76. The molecule has 140 valence electrons. The number of aromatic amines is 1. The van der Waals surface area contributed by atoms with Crippen molar-refractivity contribution in [1.29, 1.82) is 0 Å². The van der Waals surface area contributed by atoms with E-state index in [1.54, 1.807) is 13.2 Å². The Labute approximate surface area is 159 Å². The molecule has 0 aliphatic carbocycles. The Morgan fingerprint density at radius 2 is 1.85 bits per heavy atom. The molecule has 0 amide bonds. The van der Waals surface area contributed by atoms with Crippen molar-refractivity contribution < 1.29 is 4.74 Å².